The molecular weight excluding hydrogens is 374 g/mol. The van der Waals surface area contributed by atoms with Gasteiger partial charge >= 0.3 is 0 Å². The maximum absolute atomic E-state index is 12.8. The highest BCUT2D eigenvalue weighted by Crippen LogP contribution is 2.15. The molecule has 3 aromatic rings. The van der Waals surface area contributed by atoms with Crippen molar-refractivity contribution in [3.05, 3.63) is 62.8 Å². The second-order valence-corrected chi connectivity index (χ2v) is 7.59. The number of piperazine rings is 1. The van der Waals surface area contributed by atoms with Crippen molar-refractivity contribution in [3.8, 4) is 6.07 Å². The number of benzene rings is 1. The van der Waals surface area contributed by atoms with Crippen molar-refractivity contribution in [2.75, 3.05) is 26.2 Å². The summed E-state index contributed by atoms with van der Waals surface area (Å²) in [5.41, 5.74) is 0.455. The fraction of sp³-hybridized carbons (Fsp3) is 0.300. The first kappa shape index (κ1) is 18.3. The van der Waals surface area contributed by atoms with Gasteiger partial charge < -0.3 is 4.90 Å². The van der Waals surface area contributed by atoms with Gasteiger partial charge in [-0.2, -0.15) is 5.26 Å². The van der Waals surface area contributed by atoms with Crippen molar-refractivity contribution in [1.82, 2.24) is 19.4 Å². The van der Waals surface area contributed by atoms with Crippen LogP contribution in [0.25, 0.3) is 10.9 Å². The quantitative estimate of drug-likeness (QED) is 0.677. The van der Waals surface area contributed by atoms with Crippen molar-refractivity contribution in [2.24, 2.45) is 0 Å². The van der Waals surface area contributed by atoms with E-state index >= 15 is 0 Å². The maximum Gasteiger partial charge on any atom is 0.264 e. The van der Waals surface area contributed by atoms with E-state index in [1.54, 1.807) is 12.1 Å². The average Bonchev–Trinajstić information content (AvgIpc) is 3.26. The van der Waals surface area contributed by atoms with Gasteiger partial charge in [-0.3, -0.25) is 19.1 Å². The summed E-state index contributed by atoms with van der Waals surface area (Å²) >= 11 is 1.45. The summed E-state index contributed by atoms with van der Waals surface area (Å²) in [6.45, 7) is 3.12. The molecule has 8 heteroatoms. The number of hydrogen-bond donors (Lipinski definition) is 0. The average molecular weight is 393 g/mol. The Bertz CT molecular complexity index is 1090. The molecule has 0 unspecified atom stereocenters. The zero-order valence-corrected chi connectivity index (χ0v) is 16.1. The lowest BCUT2D eigenvalue weighted by atomic mass is 10.2. The number of carbonyl (C=O) groups excluding carboxylic acids is 1. The molecule has 0 radical (unpaired) electrons. The number of para-hydroxylation sites is 1. The van der Waals surface area contributed by atoms with E-state index in [4.69, 9.17) is 5.26 Å². The van der Waals surface area contributed by atoms with Crippen LogP contribution in [0.15, 0.2) is 46.6 Å². The molecule has 28 heavy (non-hydrogen) atoms. The molecule has 1 aliphatic heterocycles. The Kier molecular flexibility index (Phi) is 5.19. The van der Waals surface area contributed by atoms with Gasteiger partial charge in [-0.25, -0.2) is 4.98 Å². The van der Waals surface area contributed by atoms with E-state index in [1.165, 1.54) is 15.9 Å². The van der Waals surface area contributed by atoms with E-state index in [-0.39, 0.29) is 18.0 Å². The molecule has 0 spiro atoms. The van der Waals surface area contributed by atoms with Gasteiger partial charge in [-0.05, 0) is 23.6 Å². The normalized spacial score (nSPS) is 14.9. The first-order valence-electron chi connectivity index (χ1n) is 9.08. The van der Waals surface area contributed by atoms with Gasteiger partial charge in [-0.1, -0.05) is 18.2 Å². The van der Waals surface area contributed by atoms with E-state index in [9.17, 15) is 9.59 Å². The Morgan fingerprint density at radius 2 is 1.93 bits per heavy atom. The Labute approximate surface area is 166 Å². The van der Waals surface area contributed by atoms with Crippen molar-refractivity contribution < 1.29 is 4.79 Å². The van der Waals surface area contributed by atoms with E-state index in [0.29, 0.717) is 49.5 Å². The molecule has 142 valence electrons. The van der Waals surface area contributed by atoms with Crippen LogP contribution in [0.1, 0.15) is 15.5 Å². The number of hydrogen-bond acceptors (Lipinski definition) is 6. The SMILES string of the molecule is N#CCn1c(CN2CCN(C(=O)c3cccs3)CC2)nc2ccccc2c1=O. The first-order chi connectivity index (χ1) is 13.7. The Morgan fingerprint density at radius 1 is 1.14 bits per heavy atom. The molecule has 7 nitrogen and oxygen atoms in total. The molecule has 0 atom stereocenters. The highest BCUT2D eigenvalue weighted by Gasteiger charge is 2.24. The van der Waals surface area contributed by atoms with Gasteiger partial charge in [-0.15, -0.1) is 11.3 Å². The van der Waals surface area contributed by atoms with Crippen LogP contribution in [-0.2, 0) is 13.1 Å². The number of nitriles is 1. The molecule has 2 aromatic heterocycles. The summed E-state index contributed by atoms with van der Waals surface area (Å²) in [5, 5.41) is 11.6. The van der Waals surface area contributed by atoms with Crippen LogP contribution >= 0.6 is 11.3 Å². The maximum atomic E-state index is 12.8. The molecule has 1 fully saturated rings. The third-order valence-corrected chi connectivity index (χ3v) is 5.78. The van der Waals surface area contributed by atoms with Gasteiger partial charge in [0, 0.05) is 26.2 Å². The summed E-state index contributed by atoms with van der Waals surface area (Å²) in [6, 6.07) is 13.0. The van der Waals surface area contributed by atoms with Crippen LogP contribution in [0, 0.1) is 11.3 Å². The lowest BCUT2D eigenvalue weighted by Gasteiger charge is -2.34. The third-order valence-electron chi connectivity index (χ3n) is 4.93. The zero-order valence-electron chi connectivity index (χ0n) is 15.2. The van der Waals surface area contributed by atoms with E-state index in [1.807, 2.05) is 34.5 Å². The van der Waals surface area contributed by atoms with Crippen molar-refractivity contribution in [3.63, 3.8) is 0 Å². The number of amides is 1. The summed E-state index contributed by atoms with van der Waals surface area (Å²) in [6.07, 6.45) is 0. The number of rotatable bonds is 4. The monoisotopic (exact) mass is 393 g/mol. The predicted octanol–water partition coefficient (Wildman–Crippen LogP) is 1.94. The number of aromatic nitrogens is 2. The number of thiophene rings is 1. The summed E-state index contributed by atoms with van der Waals surface area (Å²) < 4.78 is 1.45. The molecule has 4 rings (SSSR count). The van der Waals surface area contributed by atoms with Crippen LogP contribution in [0.3, 0.4) is 0 Å². The van der Waals surface area contributed by atoms with Crippen molar-refractivity contribution in [1.29, 1.82) is 5.26 Å². The summed E-state index contributed by atoms with van der Waals surface area (Å²) in [7, 11) is 0. The molecule has 0 saturated carbocycles. The van der Waals surface area contributed by atoms with Crippen molar-refractivity contribution in [2.45, 2.75) is 13.1 Å². The fourth-order valence-corrected chi connectivity index (χ4v) is 4.12. The second kappa shape index (κ2) is 7.92. The molecule has 3 heterocycles. The van der Waals surface area contributed by atoms with Gasteiger partial charge in [0.05, 0.1) is 28.4 Å². The van der Waals surface area contributed by atoms with Crippen LogP contribution in [0.4, 0.5) is 0 Å². The highest BCUT2D eigenvalue weighted by atomic mass is 32.1. The minimum atomic E-state index is -0.186. The van der Waals surface area contributed by atoms with Gasteiger partial charge in [0.2, 0.25) is 0 Å². The van der Waals surface area contributed by atoms with E-state index < -0.39 is 0 Å². The first-order valence-corrected chi connectivity index (χ1v) is 9.96. The third kappa shape index (κ3) is 3.54. The van der Waals surface area contributed by atoms with Gasteiger partial charge in [0.25, 0.3) is 11.5 Å². The van der Waals surface area contributed by atoms with E-state index in [2.05, 4.69) is 16.0 Å². The smallest absolute Gasteiger partial charge is 0.264 e. The lowest BCUT2D eigenvalue weighted by molar-refractivity contribution is 0.0628. The summed E-state index contributed by atoms with van der Waals surface area (Å²) in [4.78, 5) is 34.7. The zero-order chi connectivity index (χ0) is 19.5. The largest absolute Gasteiger partial charge is 0.335 e. The van der Waals surface area contributed by atoms with Crippen molar-refractivity contribution >= 4 is 28.1 Å². The van der Waals surface area contributed by atoms with Crippen LogP contribution < -0.4 is 5.56 Å². The van der Waals surface area contributed by atoms with Gasteiger partial charge in [0.1, 0.15) is 12.4 Å². The van der Waals surface area contributed by atoms with E-state index in [0.717, 1.165) is 4.88 Å². The van der Waals surface area contributed by atoms with Crippen LogP contribution in [-0.4, -0.2) is 51.4 Å². The second-order valence-electron chi connectivity index (χ2n) is 6.64. The highest BCUT2D eigenvalue weighted by molar-refractivity contribution is 7.12. The van der Waals surface area contributed by atoms with Crippen LogP contribution in [0.2, 0.25) is 0 Å². The molecule has 1 aromatic carbocycles. The Hall–Kier alpha value is -3.02. The molecular formula is C20H19N5O2S. The summed E-state index contributed by atoms with van der Waals surface area (Å²) in [5.74, 6) is 0.656. The molecule has 1 amide bonds. The predicted molar refractivity (Wildman–Crippen MR) is 107 cm³/mol. The topological polar surface area (TPSA) is 82.2 Å². The molecule has 0 bridgehead atoms. The number of carbonyl (C=O) groups is 1. The van der Waals surface area contributed by atoms with Crippen LogP contribution in [0.5, 0.6) is 0 Å². The lowest BCUT2D eigenvalue weighted by Crippen LogP contribution is -2.48. The fourth-order valence-electron chi connectivity index (χ4n) is 3.43. The van der Waals surface area contributed by atoms with Gasteiger partial charge in [0.15, 0.2) is 0 Å². The molecule has 0 aliphatic carbocycles. The number of fused-ring (bicyclic) bond motifs is 1. The Balaban J connectivity index is 1.51. The standard InChI is InChI=1S/C20H19N5O2S/c21-7-8-25-18(22-16-5-2-1-4-15(16)19(25)26)14-23-9-11-24(12-10-23)20(27)17-6-3-13-28-17/h1-6,13H,8-12,14H2. The minimum Gasteiger partial charge on any atom is -0.335 e. The molecule has 0 N–H and O–H groups in total. The molecule has 1 aliphatic rings. The molecule has 1 saturated heterocycles. The Morgan fingerprint density at radius 3 is 2.64 bits per heavy atom. The minimum absolute atomic E-state index is 0.0250. The number of nitrogens with zero attached hydrogens (tertiary/aromatic N) is 5.